The van der Waals surface area contributed by atoms with E-state index in [2.05, 4.69) is 0 Å². The fraction of sp³-hybridized carbons (Fsp3) is 0.500. The van der Waals surface area contributed by atoms with E-state index in [1.807, 2.05) is 24.3 Å². The van der Waals surface area contributed by atoms with Crippen molar-refractivity contribution in [3.63, 3.8) is 0 Å². The first-order chi connectivity index (χ1) is 9.20. The lowest BCUT2D eigenvalue weighted by Crippen LogP contribution is -2.41. The zero-order valence-corrected chi connectivity index (χ0v) is 11.7. The summed E-state index contributed by atoms with van der Waals surface area (Å²) in [6.07, 6.45) is 1.06. The van der Waals surface area contributed by atoms with Crippen LogP contribution in [0.1, 0.15) is 12.8 Å². The minimum atomic E-state index is -0.125. The second kappa shape index (κ2) is 6.66. The average Bonchev–Trinajstić information content (AvgIpc) is 2.44. The summed E-state index contributed by atoms with van der Waals surface area (Å²) in [6.45, 7) is 0.986. The molecular weight excluding hydrogens is 266 g/mol. The van der Waals surface area contributed by atoms with Crippen LogP contribution in [0.4, 0.5) is 0 Å². The molecule has 0 saturated heterocycles. The number of carbonyl (C=O) groups is 1. The maximum absolute atomic E-state index is 11.8. The smallest absolute Gasteiger partial charge is 0.222 e. The highest BCUT2D eigenvalue weighted by atomic mass is 35.5. The first-order valence-electron chi connectivity index (χ1n) is 6.39. The van der Waals surface area contributed by atoms with Gasteiger partial charge in [0.1, 0.15) is 6.61 Å². The summed E-state index contributed by atoms with van der Waals surface area (Å²) >= 11 is 5.58. The summed E-state index contributed by atoms with van der Waals surface area (Å²) in [5.74, 6) is 2.09. The number of likely N-dealkylation sites (N-methyl/N-ethyl adjacent to an activating group) is 1. The highest BCUT2D eigenvalue weighted by Crippen LogP contribution is 2.30. The number of carbonyl (C=O) groups excluding carboxylic acids is 1. The lowest BCUT2D eigenvalue weighted by Gasteiger charge is -2.29. The number of nitrogens with zero attached hydrogens (tertiary/aromatic N) is 1. The molecule has 1 aromatic carbocycles. The van der Waals surface area contributed by atoms with Crippen molar-refractivity contribution >= 4 is 17.5 Å². The Morgan fingerprint density at radius 3 is 2.89 bits per heavy atom. The molecule has 0 saturated carbocycles. The van der Waals surface area contributed by atoms with Crippen LogP contribution >= 0.6 is 11.6 Å². The van der Waals surface area contributed by atoms with Crippen molar-refractivity contribution in [2.45, 2.75) is 18.9 Å². The van der Waals surface area contributed by atoms with Crippen LogP contribution in [0.2, 0.25) is 0 Å². The minimum Gasteiger partial charge on any atom is -0.486 e. The fourth-order valence-electron chi connectivity index (χ4n) is 1.97. The predicted octanol–water partition coefficient (Wildman–Crippen LogP) is 2.30. The van der Waals surface area contributed by atoms with Crippen LogP contribution in [0.15, 0.2) is 24.3 Å². The highest BCUT2D eigenvalue weighted by Gasteiger charge is 2.23. The van der Waals surface area contributed by atoms with Gasteiger partial charge in [-0.1, -0.05) is 12.1 Å². The van der Waals surface area contributed by atoms with Crippen molar-refractivity contribution < 1.29 is 14.3 Å². The van der Waals surface area contributed by atoms with Gasteiger partial charge in [0, 0.05) is 19.3 Å². The van der Waals surface area contributed by atoms with Gasteiger partial charge in [0.05, 0.1) is 6.54 Å². The molecule has 4 nitrogen and oxygen atoms in total. The molecule has 1 aliphatic heterocycles. The zero-order chi connectivity index (χ0) is 13.7. The van der Waals surface area contributed by atoms with Gasteiger partial charge in [0.25, 0.3) is 0 Å². The van der Waals surface area contributed by atoms with Gasteiger partial charge in [-0.25, -0.2) is 0 Å². The van der Waals surface area contributed by atoms with Gasteiger partial charge in [-0.05, 0) is 18.6 Å². The number of hydrogen-bond donors (Lipinski definition) is 0. The molecule has 0 spiro atoms. The van der Waals surface area contributed by atoms with Gasteiger partial charge in [-0.2, -0.15) is 0 Å². The molecular formula is C14H18ClNO3. The van der Waals surface area contributed by atoms with E-state index in [0.717, 1.165) is 11.5 Å². The standard InChI is InChI=1S/C14H18ClNO3/c1-16(14(17)7-4-8-15)9-11-10-18-12-5-2-3-6-13(12)19-11/h2-3,5-6,11H,4,7-10H2,1H3. The number of ether oxygens (including phenoxy) is 2. The Kier molecular flexibility index (Phi) is 4.91. The number of alkyl halides is 1. The Balaban J connectivity index is 1.86. The molecule has 0 aromatic heterocycles. The first-order valence-corrected chi connectivity index (χ1v) is 6.92. The van der Waals surface area contributed by atoms with Crippen LogP contribution in [-0.4, -0.2) is 43.0 Å². The number of rotatable bonds is 5. The van der Waals surface area contributed by atoms with E-state index < -0.39 is 0 Å². The molecule has 0 bridgehead atoms. The van der Waals surface area contributed by atoms with E-state index in [0.29, 0.717) is 31.9 Å². The van der Waals surface area contributed by atoms with Crippen LogP contribution in [-0.2, 0) is 4.79 Å². The van der Waals surface area contributed by atoms with Crippen LogP contribution in [0.3, 0.4) is 0 Å². The topological polar surface area (TPSA) is 38.8 Å². The highest BCUT2D eigenvalue weighted by molar-refractivity contribution is 6.17. The molecule has 1 amide bonds. The lowest BCUT2D eigenvalue weighted by atomic mass is 10.2. The third kappa shape index (κ3) is 3.77. The third-order valence-corrected chi connectivity index (χ3v) is 3.26. The van der Waals surface area contributed by atoms with Crippen molar-refractivity contribution in [3.8, 4) is 11.5 Å². The molecule has 1 aromatic rings. The van der Waals surface area contributed by atoms with Gasteiger partial charge in [-0.15, -0.1) is 11.6 Å². The zero-order valence-electron chi connectivity index (χ0n) is 11.0. The summed E-state index contributed by atoms with van der Waals surface area (Å²) in [4.78, 5) is 13.5. The van der Waals surface area contributed by atoms with E-state index in [9.17, 15) is 4.79 Å². The molecule has 2 rings (SSSR count). The number of para-hydroxylation sites is 2. The van der Waals surface area contributed by atoms with Gasteiger partial charge < -0.3 is 14.4 Å². The molecule has 0 N–H and O–H groups in total. The van der Waals surface area contributed by atoms with Gasteiger partial charge in [0.15, 0.2) is 17.6 Å². The molecule has 5 heteroatoms. The number of benzene rings is 1. The van der Waals surface area contributed by atoms with E-state index in [1.165, 1.54) is 0 Å². The largest absolute Gasteiger partial charge is 0.486 e. The van der Waals surface area contributed by atoms with Crippen LogP contribution in [0, 0.1) is 0 Å². The quantitative estimate of drug-likeness (QED) is 0.779. The lowest BCUT2D eigenvalue weighted by molar-refractivity contribution is -0.131. The Morgan fingerprint density at radius 2 is 2.16 bits per heavy atom. The first kappa shape index (κ1) is 14.0. The number of fused-ring (bicyclic) bond motifs is 1. The van der Waals surface area contributed by atoms with Crippen LogP contribution in [0.25, 0.3) is 0 Å². The number of amides is 1. The summed E-state index contributed by atoms with van der Waals surface area (Å²) in [5, 5.41) is 0. The van der Waals surface area contributed by atoms with Crippen molar-refractivity contribution in [2.24, 2.45) is 0 Å². The molecule has 1 heterocycles. The van der Waals surface area contributed by atoms with Crippen molar-refractivity contribution in [1.82, 2.24) is 4.90 Å². The Hall–Kier alpha value is -1.42. The second-order valence-corrected chi connectivity index (χ2v) is 4.94. The summed E-state index contributed by atoms with van der Waals surface area (Å²) < 4.78 is 11.4. The number of halogens is 1. The van der Waals surface area contributed by atoms with Crippen molar-refractivity contribution in [3.05, 3.63) is 24.3 Å². The summed E-state index contributed by atoms with van der Waals surface area (Å²) in [6, 6.07) is 7.56. The molecule has 0 fully saturated rings. The van der Waals surface area contributed by atoms with E-state index in [4.69, 9.17) is 21.1 Å². The van der Waals surface area contributed by atoms with Gasteiger partial charge in [-0.3, -0.25) is 4.79 Å². The summed E-state index contributed by atoms with van der Waals surface area (Å²) in [7, 11) is 1.78. The molecule has 104 valence electrons. The van der Waals surface area contributed by atoms with Crippen molar-refractivity contribution in [2.75, 3.05) is 26.1 Å². The molecule has 1 aliphatic rings. The SMILES string of the molecule is CN(CC1COc2ccccc2O1)C(=O)CCCCl. The Morgan fingerprint density at radius 1 is 1.42 bits per heavy atom. The second-order valence-electron chi connectivity index (χ2n) is 4.56. The van der Waals surface area contributed by atoms with Gasteiger partial charge in [0.2, 0.25) is 5.91 Å². The Labute approximate surface area is 118 Å². The summed E-state index contributed by atoms with van der Waals surface area (Å²) in [5.41, 5.74) is 0. The maximum Gasteiger partial charge on any atom is 0.222 e. The normalized spacial score (nSPS) is 17.1. The van der Waals surface area contributed by atoms with E-state index in [1.54, 1.807) is 11.9 Å². The predicted molar refractivity (Wildman–Crippen MR) is 73.9 cm³/mol. The Bertz CT molecular complexity index is 438. The molecule has 0 radical (unpaired) electrons. The fourth-order valence-corrected chi connectivity index (χ4v) is 2.10. The van der Waals surface area contributed by atoms with E-state index >= 15 is 0 Å². The maximum atomic E-state index is 11.8. The van der Waals surface area contributed by atoms with Crippen LogP contribution in [0.5, 0.6) is 11.5 Å². The van der Waals surface area contributed by atoms with Gasteiger partial charge >= 0.3 is 0 Å². The van der Waals surface area contributed by atoms with Crippen LogP contribution < -0.4 is 9.47 Å². The van der Waals surface area contributed by atoms with Crippen molar-refractivity contribution in [1.29, 1.82) is 0 Å². The van der Waals surface area contributed by atoms with E-state index in [-0.39, 0.29) is 12.0 Å². The molecule has 1 unspecified atom stereocenters. The molecule has 0 aliphatic carbocycles. The average molecular weight is 284 g/mol. The third-order valence-electron chi connectivity index (χ3n) is 3.00. The monoisotopic (exact) mass is 283 g/mol. The number of hydrogen-bond acceptors (Lipinski definition) is 3. The minimum absolute atomic E-state index is 0.0862. The molecule has 1 atom stereocenters. The molecule has 19 heavy (non-hydrogen) atoms.